The molecule has 0 saturated heterocycles. The minimum Gasteiger partial charge on any atom is -0.449 e. The van der Waals surface area contributed by atoms with Crippen molar-refractivity contribution in [2.75, 3.05) is 0 Å². The summed E-state index contributed by atoms with van der Waals surface area (Å²) in [5.74, 6) is -1.43. The molecule has 0 heterocycles. The molecule has 0 fully saturated rings. The van der Waals surface area contributed by atoms with E-state index in [0.29, 0.717) is 5.56 Å². The molecular formula is C18H21N3O5. The summed E-state index contributed by atoms with van der Waals surface area (Å²) in [5.41, 5.74) is -0.547. The van der Waals surface area contributed by atoms with Crippen LogP contribution >= 0.6 is 0 Å². The van der Waals surface area contributed by atoms with Gasteiger partial charge in [-0.05, 0) is 43.5 Å². The van der Waals surface area contributed by atoms with Crippen LogP contribution in [-0.4, -0.2) is 28.4 Å². The number of esters is 1. The molecule has 0 aliphatic rings. The highest BCUT2D eigenvalue weighted by Gasteiger charge is 2.32. The van der Waals surface area contributed by atoms with Gasteiger partial charge in [0.15, 0.2) is 6.10 Å². The van der Waals surface area contributed by atoms with Gasteiger partial charge in [-0.15, -0.1) is 0 Å². The second-order valence-electron chi connectivity index (χ2n) is 6.22. The van der Waals surface area contributed by atoms with E-state index in [-0.39, 0.29) is 11.6 Å². The number of hydrogen-bond acceptors (Lipinski definition) is 6. The third-order valence-corrected chi connectivity index (χ3v) is 3.95. The lowest BCUT2D eigenvalue weighted by Gasteiger charge is -2.28. The van der Waals surface area contributed by atoms with Gasteiger partial charge >= 0.3 is 5.97 Å². The molecule has 1 rings (SSSR count). The summed E-state index contributed by atoms with van der Waals surface area (Å²) >= 11 is 0. The van der Waals surface area contributed by atoms with Crippen LogP contribution in [0.2, 0.25) is 0 Å². The normalized spacial score (nSPS) is 14.3. The van der Waals surface area contributed by atoms with Crippen molar-refractivity contribution in [2.45, 2.75) is 39.3 Å². The van der Waals surface area contributed by atoms with Gasteiger partial charge in [-0.25, -0.2) is 4.79 Å². The predicted molar refractivity (Wildman–Crippen MR) is 94.7 cm³/mol. The Bertz CT molecular complexity index is 749. The molecule has 0 aromatic heterocycles. The summed E-state index contributed by atoms with van der Waals surface area (Å²) in [7, 11) is 0. The quantitative estimate of drug-likeness (QED) is 0.345. The van der Waals surface area contributed by atoms with Crippen molar-refractivity contribution in [1.29, 1.82) is 5.26 Å². The first-order valence-corrected chi connectivity index (χ1v) is 7.95. The largest absolute Gasteiger partial charge is 0.449 e. The molecule has 138 valence electrons. The van der Waals surface area contributed by atoms with E-state index in [9.17, 15) is 25.0 Å². The third kappa shape index (κ3) is 5.70. The first kappa shape index (κ1) is 20.8. The summed E-state index contributed by atoms with van der Waals surface area (Å²) in [6.45, 7) is 6.60. The maximum Gasteiger partial charge on any atom is 0.331 e. The van der Waals surface area contributed by atoms with Gasteiger partial charge in [0.2, 0.25) is 0 Å². The molecule has 1 aromatic carbocycles. The van der Waals surface area contributed by atoms with Gasteiger partial charge in [0.05, 0.1) is 11.0 Å². The van der Waals surface area contributed by atoms with E-state index < -0.39 is 28.4 Å². The molecule has 2 atom stereocenters. The van der Waals surface area contributed by atoms with E-state index in [1.54, 1.807) is 20.8 Å². The fourth-order valence-electron chi connectivity index (χ4n) is 1.80. The highest BCUT2D eigenvalue weighted by atomic mass is 16.6. The van der Waals surface area contributed by atoms with Gasteiger partial charge in [-0.2, -0.15) is 5.26 Å². The van der Waals surface area contributed by atoms with Crippen LogP contribution in [0, 0.1) is 27.4 Å². The number of nitro benzene ring substituents is 1. The van der Waals surface area contributed by atoms with Crippen LogP contribution in [0.15, 0.2) is 30.3 Å². The molecular weight excluding hydrogens is 338 g/mol. The van der Waals surface area contributed by atoms with Gasteiger partial charge in [-0.3, -0.25) is 14.9 Å². The van der Waals surface area contributed by atoms with Crippen molar-refractivity contribution < 1.29 is 19.2 Å². The smallest absolute Gasteiger partial charge is 0.331 e. The molecule has 1 N–H and O–H groups in total. The third-order valence-electron chi connectivity index (χ3n) is 3.95. The van der Waals surface area contributed by atoms with E-state index in [2.05, 4.69) is 5.32 Å². The SMILES string of the molecule is CC(C)[C@@](C)(C#N)NC(=O)[C@H](C)OC(=O)/C=C/c1ccc([N+](=O)[O-])cc1. The van der Waals surface area contributed by atoms with Gasteiger partial charge in [0.25, 0.3) is 11.6 Å². The highest BCUT2D eigenvalue weighted by molar-refractivity contribution is 5.90. The fourth-order valence-corrected chi connectivity index (χ4v) is 1.80. The monoisotopic (exact) mass is 359 g/mol. The number of nitrogens with zero attached hydrogens (tertiary/aromatic N) is 2. The number of rotatable bonds is 7. The van der Waals surface area contributed by atoms with Crippen molar-refractivity contribution in [3.8, 4) is 6.07 Å². The van der Waals surface area contributed by atoms with E-state index in [4.69, 9.17) is 4.74 Å². The van der Waals surface area contributed by atoms with Gasteiger partial charge in [0, 0.05) is 18.2 Å². The van der Waals surface area contributed by atoms with Gasteiger partial charge in [-0.1, -0.05) is 13.8 Å². The summed E-state index contributed by atoms with van der Waals surface area (Å²) in [6, 6.07) is 7.64. The first-order valence-electron chi connectivity index (χ1n) is 7.95. The molecule has 0 saturated carbocycles. The maximum atomic E-state index is 12.1. The van der Waals surface area contributed by atoms with E-state index in [1.807, 2.05) is 6.07 Å². The molecule has 0 aliphatic heterocycles. The Hall–Kier alpha value is -3.21. The number of carbonyl (C=O) groups is 2. The topological polar surface area (TPSA) is 122 Å². The van der Waals surface area contributed by atoms with Crippen molar-refractivity contribution in [3.63, 3.8) is 0 Å². The summed E-state index contributed by atoms with van der Waals surface area (Å²) in [5, 5.41) is 22.4. The predicted octanol–water partition coefficient (Wildman–Crippen LogP) is 2.59. The van der Waals surface area contributed by atoms with Crippen LogP contribution in [0.3, 0.4) is 0 Å². The molecule has 8 nitrogen and oxygen atoms in total. The van der Waals surface area contributed by atoms with Crippen LogP contribution < -0.4 is 5.32 Å². The lowest BCUT2D eigenvalue weighted by Crippen LogP contribution is -2.52. The fraction of sp³-hybridized carbons (Fsp3) is 0.389. The standard InChI is InChI=1S/C18H21N3O5/c1-12(2)18(4,11-19)20-17(23)13(3)26-16(22)10-7-14-5-8-15(9-6-14)21(24)25/h5-10,12-13H,1-4H3,(H,20,23)/b10-7+/t13-,18+/m0/s1. The van der Waals surface area contributed by atoms with Crippen LogP contribution in [0.4, 0.5) is 5.69 Å². The number of nitrogens with one attached hydrogen (secondary N) is 1. The molecule has 0 bridgehead atoms. The van der Waals surface area contributed by atoms with E-state index >= 15 is 0 Å². The molecule has 1 amide bonds. The average Bonchev–Trinajstić information content (AvgIpc) is 2.59. The lowest BCUT2D eigenvalue weighted by atomic mass is 9.90. The second-order valence-corrected chi connectivity index (χ2v) is 6.22. The van der Waals surface area contributed by atoms with Crippen LogP contribution in [0.1, 0.15) is 33.3 Å². The minimum absolute atomic E-state index is 0.0549. The van der Waals surface area contributed by atoms with E-state index in [0.717, 1.165) is 6.08 Å². The Morgan fingerprint density at radius 2 is 1.88 bits per heavy atom. The van der Waals surface area contributed by atoms with Crippen molar-refractivity contribution in [1.82, 2.24) is 5.32 Å². The molecule has 0 aliphatic carbocycles. The van der Waals surface area contributed by atoms with Crippen molar-refractivity contribution in [3.05, 3.63) is 46.0 Å². The summed E-state index contributed by atoms with van der Waals surface area (Å²) in [6.07, 6.45) is 1.47. The molecule has 26 heavy (non-hydrogen) atoms. The van der Waals surface area contributed by atoms with Crippen molar-refractivity contribution >= 4 is 23.6 Å². The number of amides is 1. The minimum atomic E-state index is -1.07. The van der Waals surface area contributed by atoms with Gasteiger partial charge in [0.1, 0.15) is 5.54 Å². The molecule has 0 radical (unpaired) electrons. The number of ether oxygens (including phenoxy) is 1. The van der Waals surface area contributed by atoms with Gasteiger partial charge < -0.3 is 10.1 Å². The Labute approximate surface area is 151 Å². The van der Waals surface area contributed by atoms with Crippen LogP contribution in [-0.2, 0) is 14.3 Å². The van der Waals surface area contributed by atoms with Crippen LogP contribution in [0.5, 0.6) is 0 Å². The number of benzene rings is 1. The average molecular weight is 359 g/mol. The Morgan fingerprint density at radius 1 is 1.31 bits per heavy atom. The molecule has 0 unspecified atom stereocenters. The van der Waals surface area contributed by atoms with Crippen molar-refractivity contribution in [2.24, 2.45) is 5.92 Å². The Morgan fingerprint density at radius 3 is 2.35 bits per heavy atom. The highest BCUT2D eigenvalue weighted by Crippen LogP contribution is 2.16. The van der Waals surface area contributed by atoms with E-state index in [1.165, 1.54) is 37.3 Å². The number of carbonyl (C=O) groups excluding carboxylic acids is 2. The molecule has 0 spiro atoms. The summed E-state index contributed by atoms with van der Waals surface area (Å²) in [4.78, 5) is 34.0. The lowest BCUT2D eigenvalue weighted by molar-refractivity contribution is -0.384. The zero-order valence-corrected chi connectivity index (χ0v) is 15.1. The first-order chi connectivity index (χ1) is 12.1. The Kier molecular flexibility index (Phi) is 7.02. The number of nitro groups is 1. The zero-order valence-electron chi connectivity index (χ0n) is 15.1. The Balaban J connectivity index is 2.65. The maximum absolute atomic E-state index is 12.1. The second kappa shape index (κ2) is 8.76. The molecule has 8 heteroatoms. The molecule has 1 aromatic rings. The number of hydrogen-bond donors (Lipinski definition) is 1. The summed E-state index contributed by atoms with van der Waals surface area (Å²) < 4.78 is 5.01. The van der Waals surface area contributed by atoms with Crippen LogP contribution in [0.25, 0.3) is 6.08 Å². The number of non-ortho nitro benzene ring substituents is 1. The zero-order chi connectivity index (χ0) is 19.9. The number of nitriles is 1.